The van der Waals surface area contributed by atoms with Crippen LogP contribution in [-0.4, -0.2) is 65.0 Å². The Morgan fingerprint density at radius 2 is 1.86 bits per heavy atom. The molecule has 1 unspecified atom stereocenters. The number of rotatable bonds is 7. The molecule has 2 aromatic carbocycles. The average Bonchev–Trinajstić information content (AvgIpc) is 2.71. The molecule has 28 heavy (non-hydrogen) atoms. The summed E-state index contributed by atoms with van der Waals surface area (Å²) < 4.78 is 0. The fourth-order valence-corrected chi connectivity index (χ4v) is 4.05. The zero-order valence-electron chi connectivity index (χ0n) is 16.6. The number of nitrogens with zero attached hydrogens (tertiary/aromatic N) is 2. The summed E-state index contributed by atoms with van der Waals surface area (Å²) in [7, 11) is 0. The second kappa shape index (κ2) is 9.17. The molecular formula is C22H29N3O3. The van der Waals surface area contributed by atoms with Crippen molar-refractivity contribution in [3.63, 3.8) is 0 Å². The molecule has 0 radical (unpaired) electrons. The number of carbonyl (C=O) groups excluding carboxylic acids is 1. The molecule has 1 fully saturated rings. The maximum absolute atomic E-state index is 12.8. The standard InChI is InChI=1S/C22H29N3O3/c1-3-24(15-21(26)27)18-11-13-25(14-12-18)16(2)22(28)23-20-10-6-8-17-7-4-5-9-19(17)20/h4-10,16,18H,3,11-15H2,1-2H3,(H,23,28)(H,26,27). The van der Waals surface area contributed by atoms with Crippen LogP contribution in [0.2, 0.25) is 0 Å². The lowest BCUT2D eigenvalue weighted by Gasteiger charge is -2.39. The van der Waals surface area contributed by atoms with Gasteiger partial charge in [-0.1, -0.05) is 43.3 Å². The highest BCUT2D eigenvalue weighted by Gasteiger charge is 2.29. The largest absolute Gasteiger partial charge is 0.480 e. The topological polar surface area (TPSA) is 72.9 Å². The first-order valence-electron chi connectivity index (χ1n) is 9.98. The van der Waals surface area contributed by atoms with Crippen LogP contribution in [0.1, 0.15) is 26.7 Å². The van der Waals surface area contributed by atoms with Crippen LogP contribution in [0.5, 0.6) is 0 Å². The highest BCUT2D eigenvalue weighted by molar-refractivity contribution is 6.03. The summed E-state index contributed by atoms with van der Waals surface area (Å²) >= 11 is 0. The lowest BCUT2D eigenvalue weighted by Crippen LogP contribution is -2.51. The molecule has 1 heterocycles. The van der Waals surface area contributed by atoms with Gasteiger partial charge in [-0.05, 0) is 37.8 Å². The average molecular weight is 383 g/mol. The van der Waals surface area contributed by atoms with Crippen LogP contribution in [0.4, 0.5) is 5.69 Å². The second-order valence-electron chi connectivity index (χ2n) is 7.42. The molecule has 150 valence electrons. The number of likely N-dealkylation sites (tertiary alicyclic amines) is 1. The third kappa shape index (κ3) is 4.69. The molecule has 0 aromatic heterocycles. The van der Waals surface area contributed by atoms with E-state index in [-0.39, 0.29) is 24.5 Å². The van der Waals surface area contributed by atoms with Crippen molar-refractivity contribution in [2.75, 3.05) is 31.5 Å². The van der Waals surface area contributed by atoms with Crippen molar-refractivity contribution < 1.29 is 14.7 Å². The van der Waals surface area contributed by atoms with Gasteiger partial charge in [-0.3, -0.25) is 19.4 Å². The van der Waals surface area contributed by atoms with Crippen LogP contribution in [-0.2, 0) is 9.59 Å². The SMILES string of the molecule is CCN(CC(=O)O)C1CCN(C(C)C(=O)Nc2cccc3ccccc23)CC1. The Morgan fingerprint density at radius 1 is 1.18 bits per heavy atom. The van der Waals surface area contributed by atoms with E-state index in [4.69, 9.17) is 5.11 Å². The minimum Gasteiger partial charge on any atom is -0.480 e. The highest BCUT2D eigenvalue weighted by atomic mass is 16.4. The van der Waals surface area contributed by atoms with E-state index in [2.05, 4.69) is 10.2 Å². The molecule has 0 spiro atoms. The van der Waals surface area contributed by atoms with Gasteiger partial charge in [0.1, 0.15) is 0 Å². The third-order valence-electron chi connectivity index (χ3n) is 5.73. The van der Waals surface area contributed by atoms with Crippen molar-refractivity contribution in [1.29, 1.82) is 0 Å². The van der Waals surface area contributed by atoms with Crippen LogP contribution in [0.15, 0.2) is 42.5 Å². The van der Waals surface area contributed by atoms with Gasteiger partial charge in [-0.15, -0.1) is 0 Å². The van der Waals surface area contributed by atoms with E-state index in [1.807, 2.05) is 61.2 Å². The van der Waals surface area contributed by atoms with Gasteiger partial charge in [0.25, 0.3) is 0 Å². The van der Waals surface area contributed by atoms with Gasteiger partial charge in [0.15, 0.2) is 0 Å². The molecule has 1 aliphatic heterocycles. The number of nitrogens with one attached hydrogen (secondary N) is 1. The molecule has 0 aliphatic carbocycles. The third-order valence-corrected chi connectivity index (χ3v) is 5.73. The first kappa shape index (κ1) is 20.3. The Balaban J connectivity index is 1.59. The molecule has 1 atom stereocenters. The van der Waals surface area contributed by atoms with Gasteiger partial charge in [0.05, 0.1) is 12.6 Å². The molecule has 6 nitrogen and oxygen atoms in total. The predicted octanol–water partition coefficient (Wildman–Crippen LogP) is 3.04. The Bertz CT molecular complexity index is 825. The minimum atomic E-state index is -0.785. The number of piperidine rings is 1. The number of likely N-dealkylation sites (N-methyl/N-ethyl adjacent to an activating group) is 1. The Morgan fingerprint density at radius 3 is 2.54 bits per heavy atom. The number of aliphatic carboxylic acids is 1. The summed E-state index contributed by atoms with van der Waals surface area (Å²) in [6.07, 6.45) is 1.76. The fraction of sp³-hybridized carbons (Fsp3) is 0.455. The van der Waals surface area contributed by atoms with Crippen LogP contribution in [0.3, 0.4) is 0 Å². The van der Waals surface area contributed by atoms with Crippen molar-refractivity contribution in [2.24, 2.45) is 0 Å². The Labute approximate surface area is 166 Å². The van der Waals surface area contributed by atoms with Crippen LogP contribution in [0, 0.1) is 0 Å². The molecule has 0 bridgehead atoms. The molecule has 0 saturated carbocycles. The van der Waals surface area contributed by atoms with E-state index in [1.165, 1.54) is 0 Å². The minimum absolute atomic E-state index is 0.00677. The number of hydrogen-bond acceptors (Lipinski definition) is 4. The Hall–Kier alpha value is -2.44. The van der Waals surface area contributed by atoms with Crippen molar-refractivity contribution >= 4 is 28.3 Å². The number of carbonyl (C=O) groups is 2. The van der Waals surface area contributed by atoms with E-state index < -0.39 is 5.97 Å². The summed E-state index contributed by atoms with van der Waals surface area (Å²) in [6.45, 7) is 6.34. The molecule has 6 heteroatoms. The molecule has 1 aliphatic rings. The molecule has 1 amide bonds. The van der Waals surface area contributed by atoms with Crippen LogP contribution < -0.4 is 5.32 Å². The lowest BCUT2D eigenvalue weighted by atomic mass is 10.0. The number of carboxylic acids is 1. The van der Waals surface area contributed by atoms with Crippen LogP contribution >= 0.6 is 0 Å². The van der Waals surface area contributed by atoms with Gasteiger partial charge in [0, 0.05) is 30.2 Å². The Kier molecular flexibility index (Phi) is 6.65. The molecule has 3 rings (SSSR count). The van der Waals surface area contributed by atoms with Gasteiger partial charge >= 0.3 is 5.97 Å². The smallest absolute Gasteiger partial charge is 0.317 e. The molecule has 2 aromatic rings. The molecule has 2 N–H and O–H groups in total. The second-order valence-corrected chi connectivity index (χ2v) is 7.42. The molecule has 1 saturated heterocycles. The first-order valence-corrected chi connectivity index (χ1v) is 9.98. The van der Waals surface area contributed by atoms with Crippen molar-refractivity contribution in [3.8, 4) is 0 Å². The predicted molar refractivity (Wildman–Crippen MR) is 112 cm³/mol. The quantitative estimate of drug-likeness (QED) is 0.769. The van der Waals surface area contributed by atoms with Gasteiger partial charge in [0.2, 0.25) is 5.91 Å². The van der Waals surface area contributed by atoms with Crippen molar-refractivity contribution in [2.45, 2.75) is 38.8 Å². The monoisotopic (exact) mass is 383 g/mol. The highest BCUT2D eigenvalue weighted by Crippen LogP contribution is 2.24. The van der Waals surface area contributed by atoms with E-state index in [0.29, 0.717) is 0 Å². The number of amides is 1. The summed E-state index contributed by atoms with van der Waals surface area (Å²) in [6, 6.07) is 14.0. The maximum Gasteiger partial charge on any atom is 0.317 e. The number of benzene rings is 2. The number of fused-ring (bicyclic) bond motifs is 1. The van der Waals surface area contributed by atoms with Gasteiger partial charge < -0.3 is 10.4 Å². The number of anilines is 1. The van der Waals surface area contributed by atoms with E-state index in [1.54, 1.807) is 0 Å². The maximum atomic E-state index is 12.8. The van der Waals surface area contributed by atoms with E-state index in [0.717, 1.165) is 48.9 Å². The van der Waals surface area contributed by atoms with Crippen molar-refractivity contribution in [1.82, 2.24) is 9.80 Å². The van der Waals surface area contributed by atoms with Crippen molar-refractivity contribution in [3.05, 3.63) is 42.5 Å². The fourth-order valence-electron chi connectivity index (χ4n) is 4.05. The number of carboxylic acid groups (broad SMARTS) is 1. The normalized spacial score (nSPS) is 17.0. The van der Waals surface area contributed by atoms with Crippen LogP contribution in [0.25, 0.3) is 10.8 Å². The van der Waals surface area contributed by atoms with E-state index >= 15 is 0 Å². The number of hydrogen-bond donors (Lipinski definition) is 2. The lowest BCUT2D eigenvalue weighted by molar-refractivity contribution is -0.139. The van der Waals surface area contributed by atoms with Gasteiger partial charge in [-0.25, -0.2) is 0 Å². The summed E-state index contributed by atoms with van der Waals surface area (Å²) in [5.41, 5.74) is 0.837. The summed E-state index contributed by atoms with van der Waals surface area (Å²) in [4.78, 5) is 28.1. The van der Waals surface area contributed by atoms with Gasteiger partial charge in [-0.2, -0.15) is 0 Å². The molecular weight excluding hydrogens is 354 g/mol. The zero-order chi connectivity index (χ0) is 20.1. The summed E-state index contributed by atoms with van der Waals surface area (Å²) in [5.74, 6) is -0.792. The first-order chi connectivity index (χ1) is 13.5. The summed E-state index contributed by atoms with van der Waals surface area (Å²) in [5, 5.41) is 14.3. The van der Waals surface area contributed by atoms with E-state index in [9.17, 15) is 9.59 Å². The zero-order valence-corrected chi connectivity index (χ0v) is 16.6.